The molecule has 0 saturated carbocycles. The molecule has 0 aromatic carbocycles. The summed E-state index contributed by atoms with van der Waals surface area (Å²) in [5.41, 5.74) is 1.10. The summed E-state index contributed by atoms with van der Waals surface area (Å²) >= 11 is 0. The van der Waals surface area contributed by atoms with E-state index in [9.17, 15) is 15.0 Å². The van der Waals surface area contributed by atoms with E-state index in [1.165, 1.54) is 0 Å². The first-order valence-electron chi connectivity index (χ1n) is 9.57. The van der Waals surface area contributed by atoms with Crippen LogP contribution in [0, 0.1) is 17.8 Å². The molecule has 6 nitrogen and oxygen atoms in total. The summed E-state index contributed by atoms with van der Waals surface area (Å²) in [5, 5.41) is 19.0. The number of hydrogen-bond donors (Lipinski definition) is 2. The van der Waals surface area contributed by atoms with Crippen LogP contribution in [-0.4, -0.2) is 77.2 Å². The van der Waals surface area contributed by atoms with Crippen LogP contribution in [0.5, 0.6) is 0 Å². The van der Waals surface area contributed by atoms with Gasteiger partial charge in [0.15, 0.2) is 0 Å². The second-order valence-corrected chi connectivity index (χ2v) is 7.96. The third kappa shape index (κ3) is 4.06. The minimum Gasteiger partial charge on any atom is -0.396 e. The van der Waals surface area contributed by atoms with Gasteiger partial charge in [-0.2, -0.15) is 0 Å². The van der Waals surface area contributed by atoms with Gasteiger partial charge in [-0.05, 0) is 42.7 Å². The van der Waals surface area contributed by atoms with Crippen LogP contribution in [0.15, 0.2) is 16.6 Å². The summed E-state index contributed by atoms with van der Waals surface area (Å²) in [6, 6.07) is 0. The zero-order valence-corrected chi connectivity index (χ0v) is 15.4. The highest BCUT2D eigenvalue weighted by Gasteiger charge is 2.35. The van der Waals surface area contributed by atoms with Crippen LogP contribution in [0.1, 0.15) is 33.1 Å². The van der Waals surface area contributed by atoms with E-state index in [-0.39, 0.29) is 30.5 Å². The van der Waals surface area contributed by atoms with Gasteiger partial charge in [0.2, 0.25) is 5.91 Å². The Bertz CT molecular complexity index is 550. The van der Waals surface area contributed by atoms with Crippen molar-refractivity contribution in [3.63, 3.8) is 0 Å². The minimum atomic E-state index is -0.381. The van der Waals surface area contributed by atoms with Crippen molar-refractivity contribution >= 4 is 11.7 Å². The van der Waals surface area contributed by atoms with Crippen molar-refractivity contribution in [3.05, 3.63) is 11.6 Å². The van der Waals surface area contributed by atoms with Crippen molar-refractivity contribution in [2.24, 2.45) is 22.7 Å². The number of amides is 1. The lowest BCUT2D eigenvalue weighted by molar-refractivity contribution is -0.134. The molecule has 0 aromatic rings. The van der Waals surface area contributed by atoms with Crippen LogP contribution >= 0.6 is 0 Å². The molecule has 3 aliphatic rings. The van der Waals surface area contributed by atoms with Crippen LogP contribution in [0.4, 0.5) is 0 Å². The average Bonchev–Trinajstić information content (AvgIpc) is 3.24. The Kier molecular flexibility index (Phi) is 5.79. The number of hydrogen-bond acceptors (Lipinski definition) is 5. The summed E-state index contributed by atoms with van der Waals surface area (Å²) in [4.78, 5) is 21.7. The number of likely N-dealkylation sites (tertiary alicyclic amines) is 2. The monoisotopic (exact) mass is 349 g/mol. The fourth-order valence-electron chi connectivity index (χ4n) is 4.16. The van der Waals surface area contributed by atoms with Gasteiger partial charge in [-0.15, -0.1) is 0 Å². The lowest BCUT2D eigenvalue weighted by atomic mass is 9.87. The predicted molar refractivity (Wildman–Crippen MR) is 97.3 cm³/mol. The van der Waals surface area contributed by atoms with Crippen LogP contribution < -0.4 is 0 Å². The molecular weight excluding hydrogens is 318 g/mol. The van der Waals surface area contributed by atoms with Gasteiger partial charge >= 0.3 is 0 Å². The molecule has 2 atom stereocenters. The van der Waals surface area contributed by atoms with E-state index in [1.54, 1.807) is 4.90 Å². The average molecular weight is 349 g/mol. The molecule has 0 aliphatic carbocycles. The fraction of sp³-hybridized carbons (Fsp3) is 0.789. The van der Waals surface area contributed by atoms with E-state index >= 15 is 0 Å². The molecule has 0 bridgehead atoms. The molecule has 2 N–H and O–H groups in total. The molecule has 0 aromatic heterocycles. The van der Waals surface area contributed by atoms with Crippen LogP contribution in [-0.2, 0) is 4.79 Å². The summed E-state index contributed by atoms with van der Waals surface area (Å²) < 4.78 is 0. The third-order valence-corrected chi connectivity index (χ3v) is 5.74. The van der Waals surface area contributed by atoms with Gasteiger partial charge in [-0.3, -0.25) is 9.79 Å². The number of rotatable bonds is 4. The van der Waals surface area contributed by atoms with E-state index in [1.807, 2.05) is 0 Å². The normalized spacial score (nSPS) is 26.2. The zero-order chi connectivity index (χ0) is 18.0. The number of aliphatic imine (C=N–C) groups is 1. The largest absolute Gasteiger partial charge is 0.396 e. The highest BCUT2D eigenvalue weighted by Crippen LogP contribution is 2.29. The maximum Gasteiger partial charge on any atom is 0.230 e. The van der Waals surface area contributed by atoms with E-state index in [0.29, 0.717) is 32.0 Å². The Labute approximate surface area is 150 Å². The molecule has 6 heteroatoms. The van der Waals surface area contributed by atoms with Gasteiger partial charge in [-0.1, -0.05) is 13.8 Å². The quantitative estimate of drug-likeness (QED) is 0.790. The van der Waals surface area contributed by atoms with Crippen molar-refractivity contribution in [1.29, 1.82) is 0 Å². The van der Waals surface area contributed by atoms with Gasteiger partial charge in [0, 0.05) is 32.8 Å². The topological polar surface area (TPSA) is 76.4 Å². The summed E-state index contributed by atoms with van der Waals surface area (Å²) in [5.74, 6) is 1.60. The minimum absolute atomic E-state index is 0.133. The lowest BCUT2D eigenvalue weighted by Crippen LogP contribution is -2.39. The molecule has 2 saturated heterocycles. The van der Waals surface area contributed by atoms with Crippen LogP contribution in [0.3, 0.4) is 0 Å². The van der Waals surface area contributed by atoms with E-state index in [2.05, 4.69) is 29.8 Å². The first-order valence-corrected chi connectivity index (χ1v) is 9.57. The summed E-state index contributed by atoms with van der Waals surface area (Å²) in [7, 11) is 0. The Morgan fingerprint density at radius 1 is 1.28 bits per heavy atom. The molecule has 1 amide bonds. The molecule has 2 fully saturated rings. The molecule has 140 valence electrons. The van der Waals surface area contributed by atoms with Crippen LogP contribution in [0.2, 0.25) is 0 Å². The Morgan fingerprint density at radius 2 is 2.00 bits per heavy atom. The van der Waals surface area contributed by atoms with Crippen molar-refractivity contribution < 1.29 is 15.0 Å². The molecule has 0 radical (unpaired) electrons. The second-order valence-electron chi connectivity index (χ2n) is 7.96. The highest BCUT2D eigenvalue weighted by atomic mass is 16.3. The van der Waals surface area contributed by atoms with Gasteiger partial charge in [0.1, 0.15) is 5.84 Å². The van der Waals surface area contributed by atoms with Crippen molar-refractivity contribution in [1.82, 2.24) is 9.80 Å². The zero-order valence-electron chi connectivity index (χ0n) is 15.4. The van der Waals surface area contributed by atoms with Gasteiger partial charge in [0.25, 0.3) is 0 Å². The number of amidine groups is 1. The number of nitrogens with zero attached hydrogens (tertiary/aromatic N) is 3. The second kappa shape index (κ2) is 7.87. The van der Waals surface area contributed by atoms with Gasteiger partial charge in [-0.25, -0.2) is 0 Å². The lowest BCUT2D eigenvalue weighted by Gasteiger charge is -2.32. The Morgan fingerprint density at radius 3 is 2.56 bits per heavy atom. The fourth-order valence-corrected chi connectivity index (χ4v) is 4.16. The number of carbonyl (C=O) groups excluding carboxylic acids is 1. The number of piperidine rings is 1. The predicted octanol–water partition coefficient (Wildman–Crippen LogP) is 0.895. The first-order chi connectivity index (χ1) is 12.0. The van der Waals surface area contributed by atoms with Crippen molar-refractivity contribution in [2.75, 3.05) is 39.3 Å². The van der Waals surface area contributed by atoms with Crippen molar-refractivity contribution in [2.45, 2.75) is 39.2 Å². The van der Waals surface area contributed by atoms with Gasteiger partial charge < -0.3 is 20.0 Å². The number of aliphatic hydroxyl groups excluding tert-OH is 2. The first kappa shape index (κ1) is 18.4. The highest BCUT2D eigenvalue weighted by molar-refractivity contribution is 5.97. The molecule has 0 spiro atoms. The third-order valence-electron chi connectivity index (χ3n) is 5.74. The number of β-amino-alcohol motifs (C(OH)–C–C–N with tert-alkyl or cyclic N) is 1. The molecule has 3 rings (SSSR count). The number of aliphatic hydroxyl groups is 2. The van der Waals surface area contributed by atoms with E-state index in [4.69, 9.17) is 0 Å². The van der Waals surface area contributed by atoms with E-state index < -0.39 is 0 Å². The smallest absolute Gasteiger partial charge is 0.230 e. The molecule has 3 heterocycles. The Hall–Kier alpha value is -1.40. The SMILES string of the molecule is CC(C)C(C(=O)N1CCC(O)C1)C1=CC(N2CCC(CO)CC2)=NC1. The molecule has 3 aliphatic heterocycles. The van der Waals surface area contributed by atoms with Gasteiger partial charge in [0.05, 0.1) is 18.6 Å². The maximum atomic E-state index is 13.0. The van der Waals surface area contributed by atoms with Crippen LogP contribution in [0.25, 0.3) is 0 Å². The van der Waals surface area contributed by atoms with E-state index in [0.717, 1.165) is 37.3 Å². The number of carbonyl (C=O) groups is 1. The Balaban J connectivity index is 1.66. The summed E-state index contributed by atoms with van der Waals surface area (Å²) in [6.07, 6.45) is 4.40. The summed E-state index contributed by atoms with van der Waals surface area (Å²) in [6.45, 7) is 7.99. The maximum absolute atomic E-state index is 13.0. The molecule has 25 heavy (non-hydrogen) atoms. The molecule has 2 unspecified atom stereocenters. The standard InChI is InChI=1S/C19H31N3O3/c1-13(2)18(19(25)22-8-5-16(24)11-22)15-9-17(20-10-15)21-6-3-14(12-23)4-7-21/h9,13-14,16,18,23-24H,3-8,10-12H2,1-2H3. The molecular formula is C19H31N3O3. The van der Waals surface area contributed by atoms with Crippen molar-refractivity contribution in [3.8, 4) is 0 Å².